The number of carbonyl (C=O) groups is 4. The van der Waals surface area contributed by atoms with Crippen molar-refractivity contribution in [3.05, 3.63) is 72.8 Å². The van der Waals surface area contributed by atoms with Crippen molar-refractivity contribution < 1.29 is 28.7 Å². The number of ether oxygens (including phenoxy) is 2. The van der Waals surface area contributed by atoms with Crippen LogP contribution in [0.1, 0.15) is 77.1 Å². The third kappa shape index (κ3) is 8.22. The number of aromatic amines is 2. The molecule has 2 aromatic carbocycles. The number of amides is 4. The molecular formula is C42H50N10O6. The molecule has 16 nitrogen and oxygen atoms in total. The average Bonchev–Trinajstić information content (AvgIpc) is 4.07. The Hall–Kier alpha value is -6.32. The number of likely N-dealkylation sites (tertiary alicyclic amines) is 2. The molecule has 304 valence electrons. The Labute approximate surface area is 336 Å². The zero-order chi connectivity index (χ0) is 41.1. The summed E-state index contributed by atoms with van der Waals surface area (Å²) in [6.07, 6.45) is 8.96. The van der Waals surface area contributed by atoms with E-state index in [1.54, 1.807) is 34.6 Å². The fraction of sp³-hybridized carbons (Fsp3) is 0.429. The number of benzene rings is 2. The predicted molar refractivity (Wildman–Crippen MR) is 216 cm³/mol. The van der Waals surface area contributed by atoms with Gasteiger partial charge in [0.15, 0.2) is 5.82 Å². The van der Waals surface area contributed by atoms with Crippen LogP contribution in [-0.2, 0) is 19.1 Å². The molecule has 2 aliphatic heterocycles. The van der Waals surface area contributed by atoms with E-state index in [-0.39, 0.29) is 35.7 Å². The zero-order valence-corrected chi connectivity index (χ0v) is 33.6. The number of H-pyrrole nitrogens is 2. The number of alkyl carbamates (subject to hydrolysis) is 2. The van der Waals surface area contributed by atoms with Crippen molar-refractivity contribution in [3.63, 3.8) is 0 Å². The fourth-order valence-corrected chi connectivity index (χ4v) is 7.86. The quantitative estimate of drug-likeness (QED) is 0.120. The Bertz CT molecular complexity index is 2290. The minimum absolute atomic E-state index is 0.113. The van der Waals surface area contributed by atoms with Gasteiger partial charge in [0.2, 0.25) is 11.8 Å². The molecule has 0 radical (unpaired) electrons. The van der Waals surface area contributed by atoms with Crippen LogP contribution in [0.2, 0.25) is 0 Å². The molecule has 4 unspecified atom stereocenters. The maximum absolute atomic E-state index is 13.6. The first-order valence-corrected chi connectivity index (χ1v) is 19.7. The summed E-state index contributed by atoms with van der Waals surface area (Å²) in [6, 6.07) is 10.4. The Morgan fingerprint density at radius 3 is 1.55 bits per heavy atom. The van der Waals surface area contributed by atoms with Gasteiger partial charge in [-0.1, -0.05) is 52.0 Å². The zero-order valence-electron chi connectivity index (χ0n) is 33.6. The van der Waals surface area contributed by atoms with Crippen molar-refractivity contribution in [2.45, 2.75) is 77.5 Å². The van der Waals surface area contributed by atoms with E-state index < -0.39 is 24.3 Å². The SMILES string of the molecule is COC(=O)NC(C(=O)N1CCCC1c1ncc(-c2cnc(-c3ccc4cc(-c5cnc(C6CCCN6C(=O)C(NC(=O)OC)C(C)C)[nH]5)ccc4c3)nc2)[nH]1)C(C)C. The molecule has 5 aromatic rings. The van der Waals surface area contributed by atoms with Crippen molar-refractivity contribution in [2.24, 2.45) is 11.8 Å². The van der Waals surface area contributed by atoms with E-state index in [1.807, 2.05) is 45.9 Å². The Balaban J connectivity index is 1.02. The third-order valence-electron chi connectivity index (χ3n) is 11.0. The highest BCUT2D eigenvalue weighted by atomic mass is 16.5. The molecule has 2 aliphatic rings. The first kappa shape index (κ1) is 39.9. The van der Waals surface area contributed by atoms with E-state index in [1.165, 1.54) is 14.2 Å². The van der Waals surface area contributed by atoms with Crippen LogP contribution in [-0.4, -0.2) is 103 Å². The van der Waals surface area contributed by atoms with Crippen LogP contribution >= 0.6 is 0 Å². The molecule has 7 rings (SSSR count). The summed E-state index contributed by atoms with van der Waals surface area (Å²) in [6.45, 7) is 8.73. The lowest BCUT2D eigenvalue weighted by Crippen LogP contribution is -2.51. The summed E-state index contributed by atoms with van der Waals surface area (Å²) >= 11 is 0. The highest BCUT2D eigenvalue weighted by molar-refractivity contribution is 5.90. The minimum Gasteiger partial charge on any atom is -0.453 e. The molecule has 4 N–H and O–H groups in total. The number of imidazole rings is 2. The first-order valence-electron chi connectivity index (χ1n) is 19.7. The van der Waals surface area contributed by atoms with Crippen molar-refractivity contribution in [2.75, 3.05) is 27.3 Å². The van der Waals surface area contributed by atoms with Crippen LogP contribution in [0.25, 0.3) is 44.7 Å². The smallest absolute Gasteiger partial charge is 0.407 e. The van der Waals surface area contributed by atoms with Gasteiger partial charge in [0, 0.05) is 42.2 Å². The maximum atomic E-state index is 13.6. The average molecular weight is 791 g/mol. The number of carbonyl (C=O) groups excluding carboxylic acids is 4. The van der Waals surface area contributed by atoms with E-state index in [9.17, 15) is 19.2 Å². The second kappa shape index (κ2) is 17.0. The van der Waals surface area contributed by atoms with E-state index in [0.29, 0.717) is 30.6 Å². The van der Waals surface area contributed by atoms with Crippen LogP contribution in [0.3, 0.4) is 0 Å². The van der Waals surface area contributed by atoms with Crippen molar-refractivity contribution in [1.82, 2.24) is 50.3 Å². The lowest BCUT2D eigenvalue weighted by molar-refractivity contribution is -0.136. The molecule has 2 fully saturated rings. The van der Waals surface area contributed by atoms with Crippen LogP contribution in [0.4, 0.5) is 9.59 Å². The first-order chi connectivity index (χ1) is 27.9. The number of rotatable bonds is 11. The van der Waals surface area contributed by atoms with Crippen LogP contribution in [0.15, 0.2) is 61.2 Å². The van der Waals surface area contributed by atoms with E-state index in [2.05, 4.69) is 58.7 Å². The maximum Gasteiger partial charge on any atom is 0.407 e. The largest absolute Gasteiger partial charge is 0.453 e. The van der Waals surface area contributed by atoms with Gasteiger partial charge in [-0.15, -0.1) is 0 Å². The molecular weight excluding hydrogens is 741 g/mol. The lowest BCUT2D eigenvalue weighted by Gasteiger charge is -2.30. The van der Waals surface area contributed by atoms with Crippen LogP contribution in [0.5, 0.6) is 0 Å². The highest BCUT2D eigenvalue weighted by Crippen LogP contribution is 2.35. The van der Waals surface area contributed by atoms with Gasteiger partial charge >= 0.3 is 12.2 Å². The number of aromatic nitrogens is 6. The topological polar surface area (TPSA) is 200 Å². The molecule has 0 aliphatic carbocycles. The second-order valence-electron chi connectivity index (χ2n) is 15.5. The third-order valence-corrected chi connectivity index (χ3v) is 11.0. The fourth-order valence-electron chi connectivity index (χ4n) is 7.86. The summed E-state index contributed by atoms with van der Waals surface area (Å²) in [7, 11) is 2.57. The number of nitrogens with one attached hydrogen (secondary N) is 4. The van der Waals surface area contributed by atoms with Crippen LogP contribution in [0, 0.1) is 11.8 Å². The standard InChI is InChI=1S/C42H50N10O6/c1-23(2)34(49-41(55)57-5)39(53)51-15-7-9-32(51)37-45-21-30(47-37)27-13-11-26-18-28(14-12-25(26)17-27)36-43-19-29(20-44-36)31-22-46-38(48-31)33-10-8-16-52(33)40(54)35(24(3)4)50-42(56)58-6/h11-14,17-24,32-35H,7-10,15-16H2,1-6H3,(H,45,47)(H,46,48)(H,49,55)(H,50,56). The molecule has 4 atom stereocenters. The number of hydrogen-bond acceptors (Lipinski definition) is 10. The van der Waals surface area contributed by atoms with Crippen molar-refractivity contribution in [3.8, 4) is 33.9 Å². The van der Waals surface area contributed by atoms with Gasteiger partial charge in [0.25, 0.3) is 0 Å². The molecule has 58 heavy (non-hydrogen) atoms. The number of methoxy groups -OCH3 is 2. The Kier molecular flexibility index (Phi) is 11.7. The number of nitrogens with zero attached hydrogens (tertiary/aromatic N) is 6. The monoisotopic (exact) mass is 790 g/mol. The summed E-state index contributed by atoms with van der Waals surface area (Å²) in [5.41, 5.74) is 4.18. The summed E-state index contributed by atoms with van der Waals surface area (Å²) in [4.78, 5) is 80.1. The summed E-state index contributed by atoms with van der Waals surface area (Å²) in [5.74, 6) is 1.42. The van der Waals surface area contributed by atoms with E-state index in [4.69, 9.17) is 9.47 Å². The molecule has 0 saturated carbocycles. The van der Waals surface area contributed by atoms with Gasteiger partial charge in [-0.05, 0) is 60.4 Å². The molecule has 5 heterocycles. The minimum atomic E-state index is -0.707. The Morgan fingerprint density at radius 1 is 0.638 bits per heavy atom. The van der Waals surface area contributed by atoms with Crippen molar-refractivity contribution in [1.29, 1.82) is 0 Å². The van der Waals surface area contributed by atoms with Gasteiger partial charge < -0.3 is 39.9 Å². The van der Waals surface area contributed by atoms with Gasteiger partial charge in [-0.25, -0.2) is 29.5 Å². The molecule has 3 aromatic heterocycles. The summed E-state index contributed by atoms with van der Waals surface area (Å²) < 4.78 is 9.51. The second-order valence-corrected chi connectivity index (χ2v) is 15.5. The number of hydrogen-bond donors (Lipinski definition) is 4. The molecule has 4 amide bonds. The van der Waals surface area contributed by atoms with Crippen LogP contribution < -0.4 is 10.6 Å². The van der Waals surface area contributed by atoms with Gasteiger partial charge in [-0.2, -0.15) is 0 Å². The predicted octanol–water partition coefficient (Wildman–Crippen LogP) is 6.17. The normalized spacial score (nSPS) is 17.8. The molecule has 16 heteroatoms. The van der Waals surface area contributed by atoms with E-state index in [0.717, 1.165) is 64.5 Å². The molecule has 0 spiro atoms. The number of fused-ring (bicyclic) bond motifs is 1. The molecule has 0 bridgehead atoms. The van der Waals surface area contributed by atoms with Gasteiger partial charge in [0.1, 0.15) is 23.7 Å². The van der Waals surface area contributed by atoms with Gasteiger partial charge in [0.05, 0.1) is 50.1 Å². The van der Waals surface area contributed by atoms with E-state index >= 15 is 0 Å². The lowest BCUT2D eigenvalue weighted by atomic mass is 10.0. The molecule has 2 saturated heterocycles. The summed E-state index contributed by atoms with van der Waals surface area (Å²) in [5, 5.41) is 7.43. The van der Waals surface area contributed by atoms with Crippen molar-refractivity contribution >= 4 is 34.8 Å². The van der Waals surface area contributed by atoms with Gasteiger partial charge in [-0.3, -0.25) is 9.59 Å². The highest BCUT2D eigenvalue weighted by Gasteiger charge is 2.39. The Morgan fingerprint density at radius 2 is 1.09 bits per heavy atom.